The summed E-state index contributed by atoms with van der Waals surface area (Å²) in [6, 6.07) is 1.12. The number of hydrogen-bond donors (Lipinski definition) is 1. The van der Waals surface area contributed by atoms with E-state index in [-0.39, 0.29) is 23.0 Å². The average Bonchev–Trinajstić information content (AvgIpc) is 2.15. The summed E-state index contributed by atoms with van der Waals surface area (Å²) < 4.78 is 12.8. The topological polar surface area (TPSA) is 59.2 Å². The lowest BCUT2D eigenvalue weighted by Gasteiger charge is -2.15. The fraction of sp³-hybridized carbons (Fsp3) is 0.222. The van der Waals surface area contributed by atoms with E-state index in [1.807, 2.05) is 0 Å². The van der Waals surface area contributed by atoms with Crippen LogP contribution < -0.4 is 5.73 Å². The van der Waals surface area contributed by atoms with Crippen molar-refractivity contribution >= 4 is 23.1 Å². The summed E-state index contributed by atoms with van der Waals surface area (Å²) in [4.78, 5) is 16.7. The Morgan fingerprint density at radius 2 is 2.33 bits per heavy atom. The first kappa shape index (κ1) is 11.5. The second kappa shape index (κ2) is 4.79. The van der Waals surface area contributed by atoms with Crippen LogP contribution in [0.5, 0.6) is 0 Å². The maximum Gasteiger partial charge on any atom is 0.255 e. The van der Waals surface area contributed by atoms with Gasteiger partial charge < -0.3 is 10.6 Å². The molecule has 15 heavy (non-hydrogen) atoms. The third kappa shape index (κ3) is 3.25. The van der Waals surface area contributed by atoms with Gasteiger partial charge in [0.1, 0.15) is 5.82 Å². The molecule has 1 rings (SSSR count). The highest BCUT2D eigenvalue weighted by molar-refractivity contribution is 7.80. The Hall–Kier alpha value is -1.56. The molecule has 0 atom stereocenters. The van der Waals surface area contributed by atoms with Crippen molar-refractivity contribution in [2.75, 3.05) is 13.6 Å². The second-order valence-corrected chi connectivity index (χ2v) is 3.54. The molecule has 0 bridgehead atoms. The molecule has 1 aromatic rings. The van der Waals surface area contributed by atoms with Crippen molar-refractivity contribution in [3.05, 3.63) is 29.8 Å². The second-order valence-electron chi connectivity index (χ2n) is 3.02. The number of thiocarbonyl (C=S) groups is 1. The van der Waals surface area contributed by atoms with Crippen molar-refractivity contribution in [2.45, 2.75) is 0 Å². The van der Waals surface area contributed by atoms with Gasteiger partial charge in [0.2, 0.25) is 0 Å². The molecule has 0 aliphatic carbocycles. The number of pyridine rings is 1. The van der Waals surface area contributed by atoms with Crippen LogP contribution in [0.4, 0.5) is 4.39 Å². The van der Waals surface area contributed by atoms with E-state index in [2.05, 4.69) is 17.2 Å². The summed E-state index contributed by atoms with van der Waals surface area (Å²) in [5, 5.41) is 0. The van der Waals surface area contributed by atoms with Crippen molar-refractivity contribution < 1.29 is 9.18 Å². The van der Waals surface area contributed by atoms with Gasteiger partial charge in [0.15, 0.2) is 0 Å². The number of likely N-dealkylation sites (N-methyl/N-ethyl adjacent to an activating group) is 1. The quantitative estimate of drug-likeness (QED) is 0.767. The fourth-order valence-corrected chi connectivity index (χ4v) is 1.25. The fourth-order valence-electron chi connectivity index (χ4n) is 1.05. The van der Waals surface area contributed by atoms with Gasteiger partial charge in [0.25, 0.3) is 5.91 Å². The monoisotopic (exact) mass is 227 g/mol. The van der Waals surface area contributed by atoms with Crippen molar-refractivity contribution in [1.29, 1.82) is 0 Å². The van der Waals surface area contributed by atoms with E-state index in [0.29, 0.717) is 0 Å². The Labute approximate surface area is 91.9 Å². The van der Waals surface area contributed by atoms with Crippen LogP contribution in [0.25, 0.3) is 0 Å². The summed E-state index contributed by atoms with van der Waals surface area (Å²) in [6.45, 7) is 0.157. The molecule has 1 aromatic heterocycles. The molecule has 0 radical (unpaired) electrons. The molecule has 0 aliphatic heterocycles. The summed E-state index contributed by atoms with van der Waals surface area (Å²) in [5.74, 6) is -0.917. The van der Waals surface area contributed by atoms with Gasteiger partial charge in [0, 0.05) is 13.2 Å². The predicted molar refractivity (Wildman–Crippen MR) is 57.9 cm³/mol. The molecule has 4 nitrogen and oxygen atoms in total. The molecule has 0 fully saturated rings. The van der Waals surface area contributed by atoms with Crippen LogP contribution in [0.1, 0.15) is 10.4 Å². The number of carbonyl (C=O) groups is 1. The first-order valence-corrected chi connectivity index (χ1v) is 4.56. The predicted octanol–water partition coefficient (Wildman–Crippen LogP) is 0.579. The zero-order chi connectivity index (χ0) is 11.4. The Balaban J connectivity index is 2.80. The van der Waals surface area contributed by atoms with Gasteiger partial charge in [-0.15, -0.1) is 0 Å². The Morgan fingerprint density at radius 3 is 2.87 bits per heavy atom. The number of hydrogen-bond acceptors (Lipinski definition) is 3. The lowest BCUT2D eigenvalue weighted by molar-refractivity contribution is 0.0814. The SMILES string of the molecule is CN(CC(N)=S)C(=O)c1cncc(F)c1. The van der Waals surface area contributed by atoms with Crippen LogP contribution in [-0.2, 0) is 0 Å². The van der Waals surface area contributed by atoms with Gasteiger partial charge in [-0.2, -0.15) is 0 Å². The summed E-state index contributed by atoms with van der Waals surface area (Å²) in [6.07, 6.45) is 2.33. The Bertz CT molecular complexity index is 397. The Morgan fingerprint density at radius 1 is 1.67 bits per heavy atom. The van der Waals surface area contributed by atoms with Crippen LogP contribution >= 0.6 is 12.2 Å². The third-order valence-corrected chi connectivity index (χ3v) is 1.82. The number of amides is 1. The molecule has 2 N–H and O–H groups in total. The van der Waals surface area contributed by atoms with Gasteiger partial charge in [-0.3, -0.25) is 9.78 Å². The molecular weight excluding hydrogens is 217 g/mol. The van der Waals surface area contributed by atoms with Crippen LogP contribution in [0.2, 0.25) is 0 Å². The molecule has 0 saturated carbocycles. The zero-order valence-corrected chi connectivity index (χ0v) is 8.92. The van der Waals surface area contributed by atoms with E-state index < -0.39 is 5.82 Å². The van der Waals surface area contributed by atoms with E-state index >= 15 is 0 Å². The van der Waals surface area contributed by atoms with Crippen LogP contribution in [0, 0.1) is 5.82 Å². The van der Waals surface area contributed by atoms with E-state index in [9.17, 15) is 9.18 Å². The lowest BCUT2D eigenvalue weighted by Crippen LogP contribution is -2.34. The number of carbonyl (C=O) groups excluding carboxylic acids is 1. The van der Waals surface area contributed by atoms with Gasteiger partial charge in [-0.25, -0.2) is 4.39 Å². The minimum atomic E-state index is -0.551. The van der Waals surface area contributed by atoms with Crippen LogP contribution in [0.3, 0.4) is 0 Å². The van der Waals surface area contributed by atoms with E-state index in [0.717, 1.165) is 12.3 Å². The smallest absolute Gasteiger partial charge is 0.255 e. The zero-order valence-electron chi connectivity index (χ0n) is 8.11. The van der Waals surface area contributed by atoms with Crippen molar-refractivity contribution in [3.8, 4) is 0 Å². The number of halogens is 1. The highest BCUT2D eigenvalue weighted by Crippen LogP contribution is 2.04. The van der Waals surface area contributed by atoms with Gasteiger partial charge in [-0.05, 0) is 6.07 Å². The van der Waals surface area contributed by atoms with Gasteiger partial charge >= 0.3 is 0 Å². The molecule has 0 aromatic carbocycles. The highest BCUT2D eigenvalue weighted by atomic mass is 32.1. The van der Waals surface area contributed by atoms with E-state index in [1.54, 1.807) is 0 Å². The molecule has 0 unspecified atom stereocenters. The lowest BCUT2D eigenvalue weighted by atomic mass is 10.2. The first-order valence-electron chi connectivity index (χ1n) is 4.15. The molecule has 0 spiro atoms. The number of nitrogens with zero attached hydrogens (tertiary/aromatic N) is 2. The molecule has 1 heterocycles. The maximum absolute atomic E-state index is 12.8. The average molecular weight is 227 g/mol. The largest absolute Gasteiger partial charge is 0.392 e. The molecule has 0 aliphatic rings. The molecule has 6 heteroatoms. The van der Waals surface area contributed by atoms with Crippen LogP contribution in [-0.4, -0.2) is 34.4 Å². The van der Waals surface area contributed by atoms with Crippen molar-refractivity contribution in [3.63, 3.8) is 0 Å². The Kier molecular flexibility index (Phi) is 3.68. The summed E-state index contributed by atoms with van der Waals surface area (Å²) >= 11 is 4.66. The molecule has 1 amide bonds. The molecule has 80 valence electrons. The minimum absolute atomic E-state index is 0.157. The van der Waals surface area contributed by atoms with Crippen molar-refractivity contribution in [2.24, 2.45) is 5.73 Å². The van der Waals surface area contributed by atoms with E-state index in [4.69, 9.17) is 5.73 Å². The summed E-state index contributed by atoms with van der Waals surface area (Å²) in [7, 11) is 1.53. The molecule has 0 saturated heterocycles. The number of nitrogens with two attached hydrogens (primary N) is 1. The third-order valence-electron chi connectivity index (χ3n) is 1.69. The number of aromatic nitrogens is 1. The normalized spacial score (nSPS) is 9.73. The summed E-state index contributed by atoms with van der Waals surface area (Å²) in [5.41, 5.74) is 5.46. The minimum Gasteiger partial charge on any atom is -0.392 e. The first-order chi connectivity index (χ1) is 7.00. The van der Waals surface area contributed by atoms with Crippen LogP contribution in [0.15, 0.2) is 18.5 Å². The molecular formula is C9H10FN3OS. The number of rotatable bonds is 3. The van der Waals surface area contributed by atoms with Gasteiger partial charge in [0.05, 0.1) is 23.3 Å². The maximum atomic E-state index is 12.8. The van der Waals surface area contributed by atoms with Gasteiger partial charge in [-0.1, -0.05) is 12.2 Å². The standard InChI is InChI=1S/C9H10FN3OS/c1-13(5-8(11)15)9(14)6-2-7(10)4-12-3-6/h2-4H,5H2,1H3,(H2,11,15). The van der Waals surface area contributed by atoms with E-state index in [1.165, 1.54) is 18.1 Å². The van der Waals surface area contributed by atoms with Crippen molar-refractivity contribution in [1.82, 2.24) is 9.88 Å². The highest BCUT2D eigenvalue weighted by Gasteiger charge is 2.12.